The predicted molar refractivity (Wildman–Crippen MR) is 61.5 cm³/mol. The van der Waals surface area contributed by atoms with Crippen LogP contribution in [0.15, 0.2) is 27.9 Å². The van der Waals surface area contributed by atoms with Crippen LogP contribution in [0.3, 0.4) is 0 Å². The van der Waals surface area contributed by atoms with Crippen LogP contribution in [-0.4, -0.2) is 22.9 Å². The van der Waals surface area contributed by atoms with Crippen LogP contribution in [-0.2, 0) is 4.79 Å². The minimum absolute atomic E-state index is 0.196. The molecule has 9 heteroatoms. The SMILES string of the molecule is N/C(=N\NC(=O)CC(F)(F)F)c1ncccc1Br. The lowest BCUT2D eigenvalue weighted by molar-refractivity contribution is -0.153. The Kier molecular flexibility index (Phi) is 4.65. The van der Waals surface area contributed by atoms with Crippen LogP contribution in [0.25, 0.3) is 0 Å². The van der Waals surface area contributed by atoms with E-state index in [2.05, 4.69) is 26.0 Å². The molecule has 0 unspecified atom stereocenters. The van der Waals surface area contributed by atoms with Crippen LogP contribution in [0.5, 0.6) is 0 Å². The summed E-state index contributed by atoms with van der Waals surface area (Å²) in [6.07, 6.45) is -4.77. The number of carbonyl (C=O) groups is 1. The minimum atomic E-state index is -4.58. The normalized spacial score (nSPS) is 12.3. The Labute approximate surface area is 108 Å². The van der Waals surface area contributed by atoms with Gasteiger partial charge in [0.1, 0.15) is 12.1 Å². The number of pyridine rings is 1. The Hall–Kier alpha value is -1.64. The van der Waals surface area contributed by atoms with Gasteiger partial charge < -0.3 is 5.73 Å². The van der Waals surface area contributed by atoms with E-state index < -0.39 is 18.5 Å². The monoisotopic (exact) mass is 324 g/mol. The number of halogens is 4. The zero-order valence-corrected chi connectivity index (χ0v) is 10.4. The molecular weight excluding hydrogens is 317 g/mol. The highest BCUT2D eigenvalue weighted by atomic mass is 79.9. The van der Waals surface area contributed by atoms with E-state index in [9.17, 15) is 18.0 Å². The van der Waals surface area contributed by atoms with Crippen LogP contribution < -0.4 is 11.2 Å². The summed E-state index contributed by atoms with van der Waals surface area (Å²) in [4.78, 5) is 14.7. The van der Waals surface area contributed by atoms with Crippen LogP contribution in [0, 0.1) is 0 Å². The standard InChI is InChI=1S/C9H8BrF3N4O/c10-5-2-1-3-15-7(5)8(14)17-16-6(18)4-9(11,12)13/h1-3H,4H2,(H2,14,17)(H,16,18). The molecule has 1 rings (SSSR count). The van der Waals surface area contributed by atoms with E-state index >= 15 is 0 Å². The molecule has 5 nitrogen and oxygen atoms in total. The van der Waals surface area contributed by atoms with E-state index in [0.717, 1.165) is 0 Å². The second-order valence-electron chi connectivity index (χ2n) is 3.16. The molecule has 18 heavy (non-hydrogen) atoms. The maximum absolute atomic E-state index is 11.9. The van der Waals surface area contributed by atoms with Crippen molar-refractivity contribution < 1.29 is 18.0 Å². The third-order valence-corrected chi connectivity index (χ3v) is 2.30. The quantitative estimate of drug-likeness (QED) is 0.502. The molecule has 1 heterocycles. The Bertz CT molecular complexity index is 475. The molecule has 0 fully saturated rings. The van der Waals surface area contributed by atoms with Gasteiger partial charge in [-0.25, -0.2) is 5.43 Å². The summed E-state index contributed by atoms with van der Waals surface area (Å²) in [6.45, 7) is 0. The third-order valence-electron chi connectivity index (χ3n) is 1.66. The van der Waals surface area contributed by atoms with Gasteiger partial charge in [0.25, 0.3) is 0 Å². The smallest absolute Gasteiger partial charge is 0.380 e. The van der Waals surface area contributed by atoms with Crippen LogP contribution >= 0.6 is 15.9 Å². The number of nitrogens with one attached hydrogen (secondary N) is 1. The number of nitrogens with two attached hydrogens (primary N) is 1. The lowest BCUT2D eigenvalue weighted by atomic mass is 10.3. The first-order chi connectivity index (χ1) is 8.29. The molecule has 0 spiro atoms. The number of hydrazone groups is 1. The van der Waals surface area contributed by atoms with E-state index in [1.165, 1.54) is 6.20 Å². The van der Waals surface area contributed by atoms with E-state index in [1.54, 1.807) is 17.6 Å². The van der Waals surface area contributed by atoms with Crippen molar-refractivity contribution in [3.8, 4) is 0 Å². The summed E-state index contributed by atoms with van der Waals surface area (Å²) in [7, 11) is 0. The molecule has 1 aromatic heterocycles. The van der Waals surface area contributed by atoms with E-state index in [4.69, 9.17) is 5.73 Å². The van der Waals surface area contributed by atoms with Crippen LogP contribution in [0.4, 0.5) is 13.2 Å². The first-order valence-electron chi connectivity index (χ1n) is 4.59. The Morgan fingerprint density at radius 3 is 2.78 bits per heavy atom. The number of hydrogen-bond acceptors (Lipinski definition) is 3. The number of aromatic nitrogens is 1. The maximum Gasteiger partial charge on any atom is 0.397 e. The molecule has 3 N–H and O–H groups in total. The second kappa shape index (κ2) is 5.80. The number of rotatable bonds is 3. The summed E-state index contributed by atoms with van der Waals surface area (Å²) >= 11 is 3.14. The summed E-state index contributed by atoms with van der Waals surface area (Å²) in [5, 5.41) is 3.34. The Balaban J connectivity index is 2.69. The van der Waals surface area contributed by atoms with Gasteiger partial charge >= 0.3 is 6.18 Å². The van der Waals surface area contributed by atoms with Gasteiger partial charge in [0, 0.05) is 10.7 Å². The van der Waals surface area contributed by atoms with Gasteiger partial charge in [-0.1, -0.05) is 0 Å². The average molecular weight is 325 g/mol. The zero-order chi connectivity index (χ0) is 13.8. The zero-order valence-electron chi connectivity index (χ0n) is 8.83. The minimum Gasteiger partial charge on any atom is -0.380 e. The van der Waals surface area contributed by atoms with Crippen molar-refractivity contribution in [2.45, 2.75) is 12.6 Å². The van der Waals surface area contributed by atoms with Crippen LogP contribution in [0.1, 0.15) is 12.1 Å². The number of amidine groups is 1. The van der Waals surface area contributed by atoms with Gasteiger partial charge in [-0.3, -0.25) is 9.78 Å². The van der Waals surface area contributed by atoms with Crippen LogP contribution in [0.2, 0.25) is 0 Å². The van der Waals surface area contributed by atoms with Gasteiger partial charge in [-0.05, 0) is 28.1 Å². The molecule has 98 valence electrons. The van der Waals surface area contributed by atoms with E-state index in [1.807, 2.05) is 0 Å². The van der Waals surface area contributed by atoms with Crippen molar-refractivity contribution in [1.29, 1.82) is 0 Å². The topological polar surface area (TPSA) is 80.4 Å². The fourth-order valence-electron chi connectivity index (χ4n) is 0.971. The molecule has 0 atom stereocenters. The molecule has 0 saturated heterocycles. The van der Waals surface area contributed by atoms with Crippen molar-refractivity contribution in [3.63, 3.8) is 0 Å². The predicted octanol–water partition coefficient (Wildman–Crippen LogP) is 1.53. The number of nitrogens with zero attached hydrogens (tertiary/aromatic N) is 2. The number of alkyl halides is 3. The van der Waals surface area contributed by atoms with Gasteiger partial charge in [0.15, 0.2) is 5.84 Å². The van der Waals surface area contributed by atoms with Crippen molar-refractivity contribution in [2.24, 2.45) is 10.8 Å². The number of amides is 1. The maximum atomic E-state index is 11.9. The third kappa shape index (κ3) is 4.70. The first kappa shape index (κ1) is 14.4. The van der Waals surface area contributed by atoms with Gasteiger partial charge in [-0.15, -0.1) is 0 Å². The largest absolute Gasteiger partial charge is 0.397 e. The Morgan fingerprint density at radius 2 is 2.22 bits per heavy atom. The number of hydrogen-bond donors (Lipinski definition) is 2. The lowest BCUT2D eigenvalue weighted by Gasteiger charge is -2.05. The highest BCUT2D eigenvalue weighted by Crippen LogP contribution is 2.18. The highest BCUT2D eigenvalue weighted by Gasteiger charge is 2.31. The molecule has 1 aromatic rings. The average Bonchev–Trinajstić information content (AvgIpc) is 2.24. The van der Waals surface area contributed by atoms with Crippen molar-refractivity contribution >= 4 is 27.7 Å². The Morgan fingerprint density at radius 1 is 1.56 bits per heavy atom. The number of carbonyl (C=O) groups excluding carboxylic acids is 1. The van der Waals surface area contributed by atoms with Crippen molar-refractivity contribution in [1.82, 2.24) is 10.4 Å². The van der Waals surface area contributed by atoms with E-state index in [-0.39, 0.29) is 11.5 Å². The fourth-order valence-corrected chi connectivity index (χ4v) is 1.43. The molecule has 0 aliphatic carbocycles. The summed E-state index contributed by atoms with van der Waals surface area (Å²) < 4.78 is 36.1. The van der Waals surface area contributed by atoms with Crippen molar-refractivity contribution in [2.75, 3.05) is 0 Å². The summed E-state index contributed by atoms with van der Waals surface area (Å²) in [5.41, 5.74) is 7.40. The molecular formula is C9H8BrF3N4O. The second-order valence-corrected chi connectivity index (χ2v) is 4.01. The molecule has 0 aliphatic rings. The lowest BCUT2D eigenvalue weighted by Crippen LogP contribution is -2.28. The van der Waals surface area contributed by atoms with Crippen molar-refractivity contribution in [3.05, 3.63) is 28.5 Å². The molecule has 0 radical (unpaired) electrons. The summed E-state index contributed by atoms with van der Waals surface area (Å²) in [5.74, 6) is -1.49. The molecule has 0 saturated carbocycles. The van der Waals surface area contributed by atoms with Gasteiger partial charge in [0.2, 0.25) is 5.91 Å². The molecule has 1 amide bonds. The van der Waals surface area contributed by atoms with Gasteiger partial charge in [-0.2, -0.15) is 18.3 Å². The molecule has 0 aliphatic heterocycles. The fraction of sp³-hybridized carbons (Fsp3) is 0.222. The van der Waals surface area contributed by atoms with E-state index in [0.29, 0.717) is 4.47 Å². The molecule has 0 aromatic carbocycles. The highest BCUT2D eigenvalue weighted by molar-refractivity contribution is 9.10. The first-order valence-corrected chi connectivity index (χ1v) is 5.38. The van der Waals surface area contributed by atoms with Gasteiger partial charge in [0.05, 0.1) is 0 Å². The summed E-state index contributed by atoms with van der Waals surface area (Å²) in [6, 6.07) is 3.26. The molecule has 0 bridgehead atoms.